The molecular formula is C14H22FN3O2. The highest BCUT2D eigenvalue weighted by atomic mass is 19.1. The summed E-state index contributed by atoms with van der Waals surface area (Å²) >= 11 is 0. The van der Waals surface area contributed by atoms with E-state index in [1.807, 2.05) is 20.8 Å². The van der Waals surface area contributed by atoms with E-state index < -0.39 is 5.82 Å². The number of nitrogens with one attached hydrogen (secondary N) is 2. The first-order valence-corrected chi connectivity index (χ1v) is 6.65. The Hall–Kier alpha value is -1.66. The van der Waals surface area contributed by atoms with Crippen molar-refractivity contribution in [3.63, 3.8) is 0 Å². The molecule has 112 valence electrons. The largest absolute Gasteiger partial charge is 0.380 e. The molecular weight excluding hydrogens is 261 g/mol. The van der Waals surface area contributed by atoms with E-state index in [1.54, 1.807) is 0 Å². The van der Waals surface area contributed by atoms with Crippen LogP contribution in [0.1, 0.15) is 31.1 Å². The van der Waals surface area contributed by atoms with E-state index in [1.165, 1.54) is 18.2 Å². The van der Waals surface area contributed by atoms with Gasteiger partial charge in [0.1, 0.15) is 5.82 Å². The third-order valence-electron chi connectivity index (χ3n) is 3.03. The van der Waals surface area contributed by atoms with Gasteiger partial charge in [0.25, 0.3) is 5.91 Å². The second-order valence-corrected chi connectivity index (χ2v) is 4.79. The van der Waals surface area contributed by atoms with E-state index in [2.05, 4.69) is 10.7 Å². The lowest BCUT2D eigenvalue weighted by molar-refractivity contribution is 0.0806. The summed E-state index contributed by atoms with van der Waals surface area (Å²) in [5.41, 5.74) is 2.39. The van der Waals surface area contributed by atoms with Gasteiger partial charge >= 0.3 is 0 Å². The van der Waals surface area contributed by atoms with Crippen LogP contribution in [0.25, 0.3) is 0 Å². The first kappa shape index (κ1) is 16.4. The van der Waals surface area contributed by atoms with E-state index in [-0.39, 0.29) is 29.1 Å². The summed E-state index contributed by atoms with van der Waals surface area (Å²) in [5.74, 6) is 4.52. The van der Waals surface area contributed by atoms with Gasteiger partial charge in [-0.3, -0.25) is 10.6 Å². The topological polar surface area (TPSA) is 76.4 Å². The van der Waals surface area contributed by atoms with Crippen LogP contribution in [-0.4, -0.2) is 25.2 Å². The molecule has 0 radical (unpaired) electrons. The maximum Gasteiger partial charge on any atom is 0.253 e. The molecule has 6 heteroatoms. The van der Waals surface area contributed by atoms with Gasteiger partial charge in [-0.25, -0.2) is 4.39 Å². The molecule has 5 nitrogen and oxygen atoms in total. The predicted octanol–water partition coefficient (Wildman–Crippen LogP) is 1.90. The zero-order chi connectivity index (χ0) is 15.1. The SMILES string of the molecule is CCOCC(NC(=O)c1cccc(F)c1NN)C(C)C. The average Bonchev–Trinajstić information content (AvgIpc) is 2.42. The van der Waals surface area contributed by atoms with E-state index in [0.717, 1.165) is 0 Å². The number of amides is 1. The van der Waals surface area contributed by atoms with Gasteiger partial charge < -0.3 is 15.5 Å². The van der Waals surface area contributed by atoms with Gasteiger partial charge in [0.05, 0.1) is 23.9 Å². The van der Waals surface area contributed by atoms with Crippen LogP contribution in [0.4, 0.5) is 10.1 Å². The highest BCUT2D eigenvalue weighted by Crippen LogP contribution is 2.19. The maximum absolute atomic E-state index is 13.6. The van der Waals surface area contributed by atoms with Gasteiger partial charge in [-0.05, 0) is 25.0 Å². The van der Waals surface area contributed by atoms with Crippen molar-refractivity contribution in [1.82, 2.24) is 5.32 Å². The number of nitrogen functional groups attached to an aromatic ring is 1. The molecule has 0 fully saturated rings. The van der Waals surface area contributed by atoms with Gasteiger partial charge in [0, 0.05) is 6.61 Å². The Balaban J connectivity index is 2.86. The number of hydrogen-bond donors (Lipinski definition) is 3. The number of carbonyl (C=O) groups excluding carboxylic acids is 1. The standard InChI is InChI=1S/C14H22FN3O2/c1-4-20-8-12(9(2)3)17-14(19)10-6-5-7-11(15)13(10)18-16/h5-7,9,12,18H,4,8,16H2,1-3H3,(H,17,19). The smallest absolute Gasteiger partial charge is 0.253 e. The Morgan fingerprint density at radius 1 is 1.45 bits per heavy atom. The summed E-state index contributed by atoms with van der Waals surface area (Å²) in [6.45, 7) is 6.85. The third kappa shape index (κ3) is 4.18. The minimum Gasteiger partial charge on any atom is -0.380 e. The second-order valence-electron chi connectivity index (χ2n) is 4.79. The molecule has 0 aliphatic rings. The number of nitrogens with two attached hydrogens (primary N) is 1. The second kappa shape index (κ2) is 7.81. The van der Waals surface area contributed by atoms with Crippen molar-refractivity contribution in [1.29, 1.82) is 0 Å². The van der Waals surface area contributed by atoms with Crippen molar-refractivity contribution in [3.8, 4) is 0 Å². The van der Waals surface area contributed by atoms with Gasteiger partial charge in [-0.2, -0.15) is 0 Å². The molecule has 0 spiro atoms. The van der Waals surface area contributed by atoms with E-state index in [0.29, 0.717) is 13.2 Å². The number of benzene rings is 1. The van der Waals surface area contributed by atoms with Crippen molar-refractivity contribution < 1.29 is 13.9 Å². The Morgan fingerprint density at radius 2 is 2.15 bits per heavy atom. The zero-order valence-electron chi connectivity index (χ0n) is 12.1. The van der Waals surface area contributed by atoms with E-state index >= 15 is 0 Å². The number of para-hydroxylation sites is 1. The van der Waals surface area contributed by atoms with Crippen molar-refractivity contribution in [2.24, 2.45) is 11.8 Å². The molecule has 0 aromatic heterocycles. The highest BCUT2D eigenvalue weighted by Gasteiger charge is 2.20. The van der Waals surface area contributed by atoms with Crippen LogP contribution in [-0.2, 0) is 4.74 Å². The van der Waals surface area contributed by atoms with Gasteiger partial charge in [-0.15, -0.1) is 0 Å². The van der Waals surface area contributed by atoms with Crippen LogP contribution >= 0.6 is 0 Å². The number of ether oxygens (including phenoxy) is 1. The molecule has 1 rings (SSSR count). The van der Waals surface area contributed by atoms with E-state index in [9.17, 15) is 9.18 Å². The summed E-state index contributed by atoms with van der Waals surface area (Å²) < 4.78 is 18.9. The lowest BCUT2D eigenvalue weighted by Crippen LogP contribution is -2.42. The zero-order valence-corrected chi connectivity index (χ0v) is 12.1. The number of rotatable bonds is 7. The van der Waals surface area contributed by atoms with Gasteiger partial charge in [-0.1, -0.05) is 19.9 Å². The van der Waals surface area contributed by atoms with Crippen LogP contribution in [0, 0.1) is 11.7 Å². The molecule has 1 aromatic carbocycles. The summed E-state index contributed by atoms with van der Waals surface area (Å²) in [6, 6.07) is 4.09. The first-order valence-electron chi connectivity index (χ1n) is 6.65. The highest BCUT2D eigenvalue weighted by molar-refractivity contribution is 5.99. The number of carbonyl (C=O) groups is 1. The van der Waals surface area contributed by atoms with Crippen molar-refractivity contribution >= 4 is 11.6 Å². The average molecular weight is 283 g/mol. The molecule has 0 aliphatic carbocycles. The fraction of sp³-hybridized carbons (Fsp3) is 0.500. The van der Waals surface area contributed by atoms with Crippen LogP contribution < -0.4 is 16.6 Å². The maximum atomic E-state index is 13.6. The molecule has 1 amide bonds. The number of hydrogen-bond acceptors (Lipinski definition) is 4. The Kier molecular flexibility index (Phi) is 6.41. The Morgan fingerprint density at radius 3 is 2.70 bits per heavy atom. The summed E-state index contributed by atoms with van der Waals surface area (Å²) in [6.07, 6.45) is 0. The number of halogens is 1. The van der Waals surface area contributed by atoms with Gasteiger partial charge in [0.2, 0.25) is 0 Å². The van der Waals surface area contributed by atoms with Crippen LogP contribution in [0.5, 0.6) is 0 Å². The third-order valence-corrected chi connectivity index (χ3v) is 3.03. The molecule has 1 unspecified atom stereocenters. The number of anilines is 1. The first-order chi connectivity index (χ1) is 9.51. The van der Waals surface area contributed by atoms with Gasteiger partial charge in [0.15, 0.2) is 0 Å². The molecule has 0 heterocycles. The van der Waals surface area contributed by atoms with Crippen LogP contribution in [0.2, 0.25) is 0 Å². The molecule has 1 aromatic rings. The number of hydrazine groups is 1. The van der Waals surface area contributed by atoms with Crippen molar-refractivity contribution in [2.45, 2.75) is 26.8 Å². The Bertz CT molecular complexity index is 452. The summed E-state index contributed by atoms with van der Waals surface area (Å²) in [4.78, 5) is 12.2. The quantitative estimate of drug-likeness (QED) is 0.527. The van der Waals surface area contributed by atoms with Crippen LogP contribution in [0.15, 0.2) is 18.2 Å². The fourth-order valence-corrected chi connectivity index (χ4v) is 1.75. The lowest BCUT2D eigenvalue weighted by Gasteiger charge is -2.22. The van der Waals surface area contributed by atoms with Crippen molar-refractivity contribution in [2.75, 3.05) is 18.6 Å². The minimum atomic E-state index is -0.564. The molecule has 20 heavy (non-hydrogen) atoms. The molecule has 0 aliphatic heterocycles. The van der Waals surface area contributed by atoms with Crippen LogP contribution in [0.3, 0.4) is 0 Å². The van der Waals surface area contributed by atoms with E-state index in [4.69, 9.17) is 10.6 Å². The van der Waals surface area contributed by atoms with Crippen molar-refractivity contribution in [3.05, 3.63) is 29.6 Å². The minimum absolute atomic E-state index is 0.0103. The predicted molar refractivity (Wildman–Crippen MR) is 76.8 cm³/mol. The fourth-order valence-electron chi connectivity index (χ4n) is 1.75. The lowest BCUT2D eigenvalue weighted by atomic mass is 10.0. The monoisotopic (exact) mass is 283 g/mol. The summed E-state index contributed by atoms with van der Waals surface area (Å²) in [5, 5.41) is 2.84. The molecule has 0 saturated carbocycles. The Labute approximate surface area is 118 Å². The normalized spacial score (nSPS) is 12.3. The summed E-state index contributed by atoms with van der Waals surface area (Å²) in [7, 11) is 0. The molecule has 1 atom stereocenters. The molecule has 4 N–H and O–H groups in total. The molecule has 0 bridgehead atoms. The molecule has 0 saturated heterocycles.